The first kappa shape index (κ1) is 13.5. The zero-order chi connectivity index (χ0) is 14.0. The first-order valence-electron chi connectivity index (χ1n) is 5.10. The molecule has 0 saturated heterocycles. The molecule has 2 rings (SSSR count). The van der Waals surface area contributed by atoms with E-state index in [1.54, 1.807) is 23.2 Å². The van der Waals surface area contributed by atoms with Gasteiger partial charge in [-0.1, -0.05) is 0 Å². The number of amides is 1. The fourth-order valence-corrected chi connectivity index (χ4v) is 2.00. The standard InChI is InChI=1S/C11H8F3N3OS/c1-17-4-5-19-10(17)16-9(18)7-2-3-8(15-6-7)11(12,13)14/h2-6H,1H3. The van der Waals surface area contributed by atoms with Crippen molar-refractivity contribution in [3.05, 3.63) is 46.0 Å². The van der Waals surface area contributed by atoms with Gasteiger partial charge in [-0.05, 0) is 12.1 Å². The highest BCUT2D eigenvalue weighted by molar-refractivity contribution is 7.07. The fraction of sp³-hybridized carbons (Fsp3) is 0.182. The van der Waals surface area contributed by atoms with Crippen LogP contribution in [0.2, 0.25) is 0 Å². The molecule has 100 valence electrons. The second kappa shape index (κ2) is 4.96. The molecule has 4 nitrogen and oxygen atoms in total. The molecule has 8 heteroatoms. The van der Waals surface area contributed by atoms with Crippen LogP contribution in [-0.2, 0) is 13.2 Å². The molecule has 0 atom stereocenters. The van der Waals surface area contributed by atoms with Crippen LogP contribution in [0.1, 0.15) is 16.1 Å². The van der Waals surface area contributed by atoms with Crippen LogP contribution in [0, 0.1) is 0 Å². The van der Waals surface area contributed by atoms with Crippen LogP contribution < -0.4 is 4.80 Å². The maximum absolute atomic E-state index is 12.3. The highest BCUT2D eigenvalue weighted by Gasteiger charge is 2.32. The van der Waals surface area contributed by atoms with Gasteiger partial charge in [-0.3, -0.25) is 9.78 Å². The molecule has 0 unspecified atom stereocenters. The van der Waals surface area contributed by atoms with Gasteiger partial charge in [0.1, 0.15) is 5.69 Å². The summed E-state index contributed by atoms with van der Waals surface area (Å²) in [5, 5.41) is 1.75. The Hall–Kier alpha value is -1.96. The Morgan fingerprint density at radius 1 is 1.42 bits per heavy atom. The second-order valence-electron chi connectivity index (χ2n) is 3.64. The topological polar surface area (TPSA) is 47.2 Å². The number of pyridine rings is 1. The van der Waals surface area contributed by atoms with E-state index in [1.807, 2.05) is 0 Å². The number of aromatic nitrogens is 2. The van der Waals surface area contributed by atoms with Gasteiger partial charge in [0.15, 0.2) is 4.80 Å². The van der Waals surface area contributed by atoms with E-state index in [-0.39, 0.29) is 5.56 Å². The fourth-order valence-electron chi connectivity index (χ4n) is 1.27. The lowest BCUT2D eigenvalue weighted by atomic mass is 10.2. The van der Waals surface area contributed by atoms with E-state index < -0.39 is 17.8 Å². The minimum atomic E-state index is -4.51. The van der Waals surface area contributed by atoms with E-state index >= 15 is 0 Å². The van der Waals surface area contributed by atoms with Crippen molar-refractivity contribution >= 4 is 17.2 Å². The number of carbonyl (C=O) groups excluding carboxylic acids is 1. The Morgan fingerprint density at radius 2 is 2.16 bits per heavy atom. The molecule has 2 heterocycles. The summed E-state index contributed by atoms with van der Waals surface area (Å²) in [6, 6.07) is 1.83. The molecule has 0 radical (unpaired) electrons. The molecule has 1 amide bonds. The number of hydrogen-bond acceptors (Lipinski definition) is 3. The molecular weight excluding hydrogens is 279 g/mol. The monoisotopic (exact) mass is 287 g/mol. The molecule has 0 fully saturated rings. The summed E-state index contributed by atoms with van der Waals surface area (Å²) in [5.41, 5.74) is -1.02. The Labute approximate surface area is 109 Å². The maximum Gasteiger partial charge on any atom is 0.433 e. The first-order valence-corrected chi connectivity index (χ1v) is 5.98. The average molecular weight is 287 g/mol. The van der Waals surface area contributed by atoms with Crippen molar-refractivity contribution in [1.29, 1.82) is 0 Å². The second-order valence-corrected chi connectivity index (χ2v) is 4.52. The molecule has 0 bridgehead atoms. The number of aryl methyl sites for hydroxylation is 1. The number of alkyl halides is 3. The normalized spacial score (nSPS) is 12.7. The minimum absolute atomic E-state index is 0.0152. The Morgan fingerprint density at radius 3 is 2.63 bits per heavy atom. The Balaban J connectivity index is 2.29. The quantitative estimate of drug-likeness (QED) is 0.807. The van der Waals surface area contributed by atoms with Crippen LogP contribution in [0.5, 0.6) is 0 Å². The van der Waals surface area contributed by atoms with Crippen molar-refractivity contribution in [2.24, 2.45) is 12.0 Å². The number of carbonyl (C=O) groups is 1. The summed E-state index contributed by atoms with van der Waals surface area (Å²) in [6.45, 7) is 0. The van der Waals surface area contributed by atoms with E-state index in [1.165, 1.54) is 11.3 Å². The van der Waals surface area contributed by atoms with Crippen molar-refractivity contribution in [1.82, 2.24) is 9.55 Å². The van der Waals surface area contributed by atoms with Crippen LogP contribution in [0.25, 0.3) is 0 Å². The summed E-state index contributed by atoms with van der Waals surface area (Å²) >= 11 is 1.26. The zero-order valence-electron chi connectivity index (χ0n) is 9.68. The number of rotatable bonds is 1. The maximum atomic E-state index is 12.3. The molecule has 0 aromatic carbocycles. The summed E-state index contributed by atoms with van der Waals surface area (Å²) < 4.78 is 38.6. The molecule has 19 heavy (non-hydrogen) atoms. The van der Waals surface area contributed by atoms with Crippen molar-refractivity contribution in [2.75, 3.05) is 0 Å². The summed E-state index contributed by atoms with van der Waals surface area (Å²) in [4.78, 5) is 19.2. The number of thiazole rings is 1. The molecule has 2 aromatic heterocycles. The molecule has 0 aliphatic carbocycles. The SMILES string of the molecule is Cn1ccsc1=NC(=O)c1ccc(C(F)(F)F)nc1. The van der Waals surface area contributed by atoms with Crippen molar-refractivity contribution in [3.8, 4) is 0 Å². The number of nitrogens with zero attached hydrogens (tertiary/aromatic N) is 3. The molecule has 0 N–H and O–H groups in total. The van der Waals surface area contributed by atoms with Gasteiger partial charge >= 0.3 is 6.18 Å². The first-order chi connectivity index (χ1) is 8.88. The van der Waals surface area contributed by atoms with Gasteiger partial charge in [0.2, 0.25) is 0 Å². The highest BCUT2D eigenvalue weighted by atomic mass is 32.1. The summed E-state index contributed by atoms with van der Waals surface area (Å²) in [6.07, 6.45) is -1.91. The van der Waals surface area contributed by atoms with Gasteiger partial charge in [0.05, 0.1) is 5.56 Å². The van der Waals surface area contributed by atoms with Crippen molar-refractivity contribution in [2.45, 2.75) is 6.18 Å². The van der Waals surface area contributed by atoms with E-state index in [0.717, 1.165) is 18.3 Å². The van der Waals surface area contributed by atoms with Crippen LogP contribution in [-0.4, -0.2) is 15.5 Å². The lowest BCUT2D eigenvalue weighted by Gasteiger charge is -2.04. The van der Waals surface area contributed by atoms with Crippen LogP contribution in [0.3, 0.4) is 0 Å². The lowest BCUT2D eigenvalue weighted by Crippen LogP contribution is -2.13. The van der Waals surface area contributed by atoms with E-state index in [9.17, 15) is 18.0 Å². The Bertz CT molecular complexity index is 655. The van der Waals surface area contributed by atoms with Gasteiger partial charge in [0.25, 0.3) is 5.91 Å². The van der Waals surface area contributed by atoms with Gasteiger partial charge < -0.3 is 4.57 Å². The van der Waals surface area contributed by atoms with Crippen LogP contribution >= 0.6 is 11.3 Å². The Kier molecular flexibility index (Phi) is 3.52. The van der Waals surface area contributed by atoms with Crippen molar-refractivity contribution in [3.63, 3.8) is 0 Å². The average Bonchev–Trinajstić information content (AvgIpc) is 2.74. The molecule has 2 aromatic rings. The van der Waals surface area contributed by atoms with Crippen molar-refractivity contribution < 1.29 is 18.0 Å². The molecule has 0 saturated carbocycles. The third-order valence-electron chi connectivity index (χ3n) is 2.26. The van der Waals surface area contributed by atoms with Gasteiger partial charge in [-0.25, -0.2) is 0 Å². The third kappa shape index (κ3) is 3.08. The molecular formula is C11H8F3N3OS. The van der Waals surface area contributed by atoms with Gasteiger partial charge in [-0.15, -0.1) is 11.3 Å². The molecule has 0 aliphatic heterocycles. The largest absolute Gasteiger partial charge is 0.433 e. The molecule has 0 aliphatic rings. The van der Waals surface area contributed by atoms with E-state index in [4.69, 9.17) is 0 Å². The number of halogens is 3. The smallest absolute Gasteiger partial charge is 0.327 e. The predicted molar refractivity (Wildman–Crippen MR) is 62.4 cm³/mol. The van der Waals surface area contributed by atoms with Gasteiger partial charge in [-0.2, -0.15) is 18.2 Å². The summed E-state index contributed by atoms with van der Waals surface area (Å²) in [7, 11) is 1.72. The zero-order valence-corrected chi connectivity index (χ0v) is 10.5. The minimum Gasteiger partial charge on any atom is -0.327 e. The van der Waals surface area contributed by atoms with E-state index in [0.29, 0.717) is 4.80 Å². The van der Waals surface area contributed by atoms with Crippen LogP contribution in [0.15, 0.2) is 34.9 Å². The van der Waals surface area contributed by atoms with Crippen LogP contribution in [0.4, 0.5) is 13.2 Å². The number of hydrogen-bond donors (Lipinski definition) is 0. The highest BCUT2D eigenvalue weighted by Crippen LogP contribution is 2.27. The third-order valence-corrected chi connectivity index (χ3v) is 3.11. The van der Waals surface area contributed by atoms with E-state index in [2.05, 4.69) is 9.98 Å². The van der Waals surface area contributed by atoms with Gasteiger partial charge in [0, 0.05) is 24.8 Å². The summed E-state index contributed by atoms with van der Waals surface area (Å²) in [5.74, 6) is -0.626. The lowest BCUT2D eigenvalue weighted by molar-refractivity contribution is -0.141. The predicted octanol–water partition coefficient (Wildman–Crippen LogP) is 2.24. The molecule has 0 spiro atoms.